The summed E-state index contributed by atoms with van der Waals surface area (Å²) in [5, 5.41) is 3.49. The molecule has 0 spiro atoms. The summed E-state index contributed by atoms with van der Waals surface area (Å²) >= 11 is 7.11. The van der Waals surface area contributed by atoms with Crippen LogP contribution in [0, 0.1) is 5.92 Å². The van der Waals surface area contributed by atoms with Gasteiger partial charge >= 0.3 is 0 Å². The van der Waals surface area contributed by atoms with Crippen LogP contribution in [0.15, 0.2) is 21.1 Å². The summed E-state index contributed by atoms with van der Waals surface area (Å²) in [6.07, 6.45) is 1.17. The van der Waals surface area contributed by atoms with Gasteiger partial charge in [0.2, 0.25) is 0 Å². The van der Waals surface area contributed by atoms with Crippen LogP contribution in [0.4, 0.5) is 0 Å². The molecule has 19 heavy (non-hydrogen) atoms. The molecule has 1 saturated heterocycles. The first-order valence-corrected chi connectivity index (χ1v) is 8.18. The number of hydrogen-bond donors (Lipinski definition) is 1. The maximum Gasteiger partial charge on any atom is 0.147 e. The van der Waals surface area contributed by atoms with Crippen LogP contribution in [0.1, 0.15) is 18.9 Å². The van der Waals surface area contributed by atoms with Gasteiger partial charge in [0.05, 0.1) is 22.2 Å². The van der Waals surface area contributed by atoms with Gasteiger partial charge in [0.1, 0.15) is 5.75 Å². The fourth-order valence-corrected chi connectivity index (χ4v) is 3.67. The standard InChI is InChI=1S/C14H19Br2NO2/c1-2-19-14-12(15)5-11(6-13(14)16)8-17-7-10-3-4-18-9-10/h5-6,10,17H,2-4,7-9H2,1H3. The summed E-state index contributed by atoms with van der Waals surface area (Å²) in [5.74, 6) is 1.53. The number of nitrogens with one attached hydrogen (secondary N) is 1. The van der Waals surface area contributed by atoms with Gasteiger partial charge in [-0.15, -0.1) is 0 Å². The lowest BCUT2D eigenvalue weighted by Crippen LogP contribution is -2.22. The maximum atomic E-state index is 5.58. The van der Waals surface area contributed by atoms with Crippen LogP contribution in [0.25, 0.3) is 0 Å². The van der Waals surface area contributed by atoms with E-state index in [9.17, 15) is 0 Å². The molecule has 0 aliphatic carbocycles. The van der Waals surface area contributed by atoms with E-state index in [4.69, 9.17) is 9.47 Å². The van der Waals surface area contributed by atoms with Crippen LogP contribution in [0.2, 0.25) is 0 Å². The number of benzene rings is 1. The Morgan fingerprint density at radius 2 is 2.11 bits per heavy atom. The van der Waals surface area contributed by atoms with Gasteiger partial charge < -0.3 is 14.8 Å². The molecule has 1 unspecified atom stereocenters. The fraction of sp³-hybridized carbons (Fsp3) is 0.571. The largest absolute Gasteiger partial charge is 0.492 e. The van der Waals surface area contributed by atoms with E-state index in [0.717, 1.165) is 41.0 Å². The lowest BCUT2D eigenvalue weighted by molar-refractivity contribution is 0.185. The third-order valence-electron chi connectivity index (χ3n) is 3.13. The van der Waals surface area contributed by atoms with E-state index in [-0.39, 0.29) is 0 Å². The average molecular weight is 393 g/mol. The van der Waals surface area contributed by atoms with Gasteiger partial charge in [-0.3, -0.25) is 0 Å². The highest BCUT2D eigenvalue weighted by molar-refractivity contribution is 9.11. The Morgan fingerprint density at radius 1 is 1.37 bits per heavy atom. The number of rotatable bonds is 6. The van der Waals surface area contributed by atoms with Gasteiger partial charge in [-0.25, -0.2) is 0 Å². The molecule has 3 nitrogen and oxygen atoms in total. The Morgan fingerprint density at radius 3 is 2.68 bits per heavy atom. The van der Waals surface area contributed by atoms with Crippen molar-refractivity contribution in [1.29, 1.82) is 0 Å². The van der Waals surface area contributed by atoms with E-state index in [1.807, 2.05) is 6.92 Å². The quantitative estimate of drug-likeness (QED) is 0.799. The SMILES string of the molecule is CCOc1c(Br)cc(CNCC2CCOC2)cc1Br. The van der Waals surface area contributed by atoms with Gasteiger partial charge in [-0.05, 0) is 68.8 Å². The smallest absolute Gasteiger partial charge is 0.147 e. The van der Waals surface area contributed by atoms with Crippen LogP contribution < -0.4 is 10.1 Å². The highest BCUT2D eigenvalue weighted by atomic mass is 79.9. The minimum absolute atomic E-state index is 0.662. The molecule has 0 bridgehead atoms. The zero-order valence-electron chi connectivity index (χ0n) is 11.0. The third-order valence-corrected chi connectivity index (χ3v) is 4.31. The molecule has 1 atom stereocenters. The van der Waals surface area contributed by atoms with Gasteiger partial charge in [-0.1, -0.05) is 0 Å². The van der Waals surface area contributed by atoms with Crippen LogP contribution in [0.3, 0.4) is 0 Å². The highest BCUT2D eigenvalue weighted by Gasteiger charge is 2.15. The lowest BCUT2D eigenvalue weighted by atomic mass is 10.1. The van der Waals surface area contributed by atoms with E-state index >= 15 is 0 Å². The Hall–Kier alpha value is -0.100. The molecule has 1 N–H and O–H groups in total. The van der Waals surface area contributed by atoms with Crippen LogP contribution >= 0.6 is 31.9 Å². The second kappa shape index (κ2) is 7.62. The maximum absolute atomic E-state index is 5.58. The van der Waals surface area contributed by atoms with E-state index in [2.05, 4.69) is 49.3 Å². The highest BCUT2D eigenvalue weighted by Crippen LogP contribution is 2.34. The Labute approximate surface area is 131 Å². The Balaban J connectivity index is 1.89. The first-order chi connectivity index (χ1) is 9.20. The molecule has 0 aromatic heterocycles. The number of ether oxygens (including phenoxy) is 2. The first kappa shape index (κ1) is 15.3. The zero-order chi connectivity index (χ0) is 13.7. The van der Waals surface area contributed by atoms with Crippen molar-refractivity contribution in [3.05, 3.63) is 26.6 Å². The van der Waals surface area contributed by atoms with Crippen molar-refractivity contribution in [2.45, 2.75) is 19.9 Å². The van der Waals surface area contributed by atoms with E-state index < -0.39 is 0 Å². The third kappa shape index (κ3) is 4.45. The molecule has 2 rings (SSSR count). The van der Waals surface area contributed by atoms with Crippen molar-refractivity contribution in [3.63, 3.8) is 0 Å². The van der Waals surface area contributed by atoms with Crippen LogP contribution in [-0.2, 0) is 11.3 Å². The number of halogens is 2. The summed E-state index contributed by atoms with van der Waals surface area (Å²) in [6.45, 7) is 6.33. The summed E-state index contributed by atoms with van der Waals surface area (Å²) in [7, 11) is 0. The van der Waals surface area contributed by atoms with Crippen molar-refractivity contribution in [2.75, 3.05) is 26.4 Å². The number of hydrogen-bond acceptors (Lipinski definition) is 3. The molecule has 1 aromatic carbocycles. The molecule has 1 fully saturated rings. The zero-order valence-corrected chi connectivity index (χ0v) is 14.2. The second-order valence-electron chi connectivity index (χ2n) is 4.68. The van der Waals surface area contributed by atoms with Crippen molar-refractivity contribution >= 4 is 31.9 Å². The molecule has 1 aromatic rings. The first-order valence-electron chi connectivity index (χ1n) is 6.60. The fourth-order valence-electron chi connectivity index (χ4n) is 2.16. The summed E-state index contributed by atoms with van der Waals surface area (Å²) in [6, 6.07) is 4.21. The average Bonchev–Trinajstić information content (AvgIpc) is 2.87. The molecule has 5 heteroatoms. The van der Waals surface area contributed by atoms with Gasteiger partial charge in [-0.2, -0.15) is 0 Å². The monoisotopic (exact) mass is 391 g/mol. The molecule has 0 saturated carbocycles. The van der Waals surface area contributed by atoms with Crippen molar-refractivity contribution in [3.8, 4) is 5.75 Å². The summed E-state index contributed by atoms with van der Waals surface area (Å²) < 4.78 is 12.9. The topological polar surface area (TPSA) is 30.5 Å². The molecule has 1 heterocycles. The van der Waals surface area contributed by atoms with E-state index in [1.54, 1.807) is 0 Å². The summed E-state index contributed by atoms with van der Waals surface area (Å²) in [5.41, 5.74) is 1.24. The molecule has 0 amide bonds. The van der Waals surface area contributed by atoms with Gasteiger partial charge in [0.25, 0.3) is 0 Å². The molecule has 1 aliphatic heterocycles. The van der Waals surface area contributed by atoms with Crippen LogP contribution in [-0.4, -0.2) is 26.4 Å². The molecule has 1 aliphatic rings. The predicted octanol–water partition coefficient (Wildman–Crippen LogP) is 3.74. The van der Waals surface area contributed by atoms with Crippen molar-refractivity contribution < 1.29 is 9.47 Å². The van der Waals surface area contributed by atoms with E-state index in [1.165, 1.54) is 12.0 Å². The van der Waals surface area contributed by atoms with Crippen molar-refractivity contribution in [1.82, 2.24) is 5.32 Å². The predicted molar refractivity (Wildman–Crippen MR) is 83.6 cm³/mol. The lowest BCUT2D eigenvalue weighted by Gasteiger charge is -2.13. The van der Waals surface area contributed by atoms with Gasteiger partial charge in [0.15, 0.2) is 0 Å². The van der Waals surface area contributed by atoms with Crippen molar-refractivity contribution in [2.24, 2.45) is 5.92 Å². The molecule has 106 valence electrons. The normalized spacial score (nSPS) is 18.8. The Bertz CT molecular complexity index is 397. The van der Waals surface area contributed by atoms with Crippen LogP contribution in [0.5, 0.6) is 5.75 Å². The molecular formula is C14H19Br2NO2. The molecule has 0 radical (unpaired) electrons. The second-order valence-corrected chi connectivity index (χ2v) is 6.39. The minimum atomic E-state index is 0.662. The molecular weight excluding hydrogens is 374 g/mol. The van der Waals surface area contributed by atoms with Gasteiger partial charge in [0, 0.05) is 19.7 Å². The summed E-state index contributed by atoms with van der Waals surface area (Å²) in [4.78, 5) is 0. The Kier molecular flexibility index (Phi) is 6.13. The minimum Gasteiger partial charge on any atom is -0.492 e. The van der Waals surface area contributed by atoms with E-state index in [0.29, 0.717) is 12.5 Å².